The number of para-hydroxylation sites is 1. The van der Waals surface area contributed by atoms with Crippen LogP contribution in [0.2, 0.25) is 5.02 Å². The largest absolute Gasteiger partial charge is 0.370 e. The summed E-state index contributed by atoms with van der Waals surface area (Å²) in [5.41, 5.74) is 1.66. The van der Waals surface area contributed by atoms with Crippen LogP contribution in [0.5, 0.6) is 0 Å². The van der Waals surface area contributed by atoms with Crippen molar-refractivity contribution >= 4 is 36.5 Å². The smallest absolute Gasteiger partial charge is 0.358 e. The number of amides is 1. The minimum absolute atomic E-state index is 0.136. The first-order valence-electron chi connectivity index (χ1n) is 8.30. The van der Waals surface area contributed by atoms with Crippen molar-refractivity contribution in [2.24, 2.45) is 0 Å². The second-order valence-electron chi connectivity index (χ2n) is 5.68. The van der Waals surface area contributed by atoms with Gasteiger partial charge in [-0.1, -0.05) is 29.8 Å². The molecule has 0 saturated carbocycles. The molecule has 2 aromatic carbocycles. The Morgan fingerprint density at radius 1 is 1.08 bits per heavy atom. The van der Waals surface area contributed by atoms with E-state index in [0.29, 0.717) is 22.0 Å². The molecule has 0 saturated heterocycles. The van der Waals surface area contributed by atoms with E-state index in [-0.39, 0.29) is 13.2 Å². The number of hydrogen-bond acceptors (Lipinski definition) is 5. The Labute approximate surface area is 157 Å². The standard InChI is InChI=1S/C18H20ClN2O4P/c1-3-24-26(23,25-4-2)18(21-14-11-9-13(19)10-12-14)15-7-5-6-8-16(15)20-17(18)22/h5-12,21H,3-4H2,1-2H3,(H,20,22). The molecule has 0 aromatic heterocycles. The van der Waals surface area contributed by atoms with Crippen LogP contribution in [0.1, 0.15) is 19.4 Å². The average molecular weight is 395 g/mol. The Kier molecular flexibility index (Phi) is 5.39. The molecule has 0 bridgehead atoms. The normalized spacial score (nSPS) is 19.1. The maximum absolute atomic E-state index is 13.8. The molecule has 8 heteroatoms. The van der Waals surface area contributed by atoms with Crippen LogP contribution in [0.25, 0.3) is 0 Å². The number of halogens is 1. The van der Waals surface area contributed by atoms with E-state index < -0.39 is 18.8 Å². The maximum atomic E-state index is 13.8. The van der Waals surface area contributed by atoms with Crippen molar-refractivity contribution < 1.29 is 18.4 Å². The fraction of sp³-hybridized carbons (Fsp3) is 0.278. The van der Waals surface area contributed by atoms with Crippen molar-refractivity contribution in [1.29, 1.82) is 0 Å². The quantitative estimate of drug-likeness (QED) is 0.658. The van der Waals surface area contributed by atoms with Gasteiger partial charge in [0.2, 0.25) is 5.28 Å². The highest BCUT2D eigenvalue weighted by molar-refractivity contribution is 7.56. The van der Waals surface area contributed by atoms with Gasteiger partial charge < -0.3 is 19.7 Å². The number of fused-ring (bicyclic) bond motifs is 1. The minimum atomic E-state index is -3.92. The minimum Gasteiger partial charge on any atom is -0.358 e. The van der Waals surface area contributed by atoms with Crippen LogP contribution in [0.15, 0.2) is 48.5 Å². The van der Waals surface area contributed by atoms with Gasteiger partial charge in [-0.15, -0.1) is 0 Å². The summed E-state index contributed by atoms with van der Waals surface area (Å²) in [4.78, 5) is 13.1. The van der Waals surface area contributed by atoms with Crippen LogP contribution in [-0.4, -0.2) is 19.1 Å². The molecule has 0 aliphatic carbocycles. The van der Waals surface area contributed by atoms with Gasteiger partial charge in [0, 0.05) is 22.0 Å². The molecule has 1 heterocycles. The molecule has 26 heavy (non-hydrogen) atoms. The fourth-order valence-electron chi connectivity index (χ4n) is 3.02. The number of carbonyl (C=O) groups excluding carboxylic acids is 1. The molecular formula is C18H20ClN2O4P. The van der Waals surface area contributed by atoms with Crippen molar-refractivity contribution in [3.63, 3.8) is 0 Å². The molecule has 0 radical (unpaired) electrons. The van der Waals surface area contributed by atoms with Crippen molar-refractivity contribution in [3.05, 3.63) is 59.1 Å². The van der Waals surface area contributed by atoms with E-state index in [9.17, 15) is 9.36 Å². The van der Waals surface area contributed by atoms with Gasteiger partial charge in [0.15, 0.2) is 0 Å². The SMILES string of the molecule is CCOP(=O)(OCC)C1(Nc2ccc(Cl)cc2)C(=O)Nc2ccccc21. The lowest BCUT2D eigenvalue weighted by Crippen LogP contribution is -2.43. The lowest BCUT2D eigenvalue weighted by Gasteiger charge is -2.35. The molecule has 138 valence electrons. The first kappa shape index (κ1) is 18.9. The van der Waals surface area contributed by atoms with Gasteiger partial charge >= 0.3 is 7.60 Å². The van der Waals surface area contributed by atoms with Crippen LogP contribution in [0.3, 0.4) is 0 Å². The van der Waals surface area contributed by atoms with E-state index in [4.69, 9.17) is 20.6 Å². The van der Waals surface area contributed by atoms with Crippen LogP contribution < -0.4 is 10.6 Å². The highest BCUT2D eigenvalue weighted by atomic mass is 35.5. The lowest BCUT2D eigenvalue weighted by atomic mass is 10.1. The Hall–Kier alpha value is -1.85. The van der Waals surface area contributed by atoms with Crippen molar-refractivity contribution in [3.8, 4) is 0 Å². The number of nitrogens with one attached hydrogen (secondary N) is 2. The molecule has 1 aliphatic rings. The molecule has 2 aromatic rings. The van der Waals surface area contributed by atoms with E-state index >= 15 is 0 Å². The first-order valence-corrected chi connectivity index (χ1v) is 10.2. The van der Waals surface area contributed by atoms with E-state index in [1.54, 1.807) is 62.4 Å². The number of hydrogen-bond donors (Lipinski definition) is 2. The molecule has 6 nitrogen and oxygen atoms in total. The summed E-state index contributed by atoms with van der Waals surface area (Å²) in [7, 11) is -3.92. The summed E-state index contributed by atoms with van der Waals surface area (Å²) >= 11 is 5.95. The highest BCUT2D eigenvalue weighted by Gasteiger charge is 2.62. The third kappa shape index (κ3) is 3.03. The van der Waals surface area contributed by atoms with Gasteiger partial charge in [-0.3, -0.25) is 9.36 Å². The van der Waals surface area contributed by atoms with Gasteiger partial charge in [-0.25, -0.2) is 0 Å². The summed E-state index contributed by atoms with van der Waals surface area (Å²) in [5, 5.41) is 4.76. The molecule has 2 N–H and O–H groups in total. The van der Waals surface area contributed by atoms with Crippen LogP contribution in [0, 0.1) is 0 Å². The van der Waals surface area contributed by atoms with E-state index in [2.05, 4.69) is 10.6 Å². The summed E-state index contributed by atoms with van der Waals surface area (Å²) in [6, 6.07) is 13.8. The van der Waals surface area contributed by atoms with Crippen LogP contribution >= 0.6 is 19.2 Å². The zero-order valence-corrected chi connectivity index (χ0v) is 16.1. The Bertz CT molecular complexity index is 849. The van der Waals surface area contributed by atoms with Crippen molar-refractivity contribution in [1.82, 2.24) is 0 Å². The average Bonchev–Trinajstić information content (AvgIpc) is 2.90. The maximum Gasteiger partial charge on any atom is 0.370 e. The van der Waals surface area contributed by atoms with Gasteiger partial charge in [-0.05, 0) is 44.2 Å². The van der Waals surface area contributed by atoms with Crippen molar-refractivity contribution in [2.75, 3.05) is 23.8 Å². The Morgan fingerprint density at radius 2 is 1.69 bits per heavy atom. The van der Waals surface area contributed by atoms with E-state index in [1.165, 1.54) is 0 Å². The number of benzene rings is 2. The van der Waals surface area contributed by atoms with Crippen LogP contribution in [0.4, 0.5) is 11.4 Å². The molecule has 1 atom stereocenters. The molecule has 0 spiro atoms. The predicted octanol–water partition coefficient (Wildman–Crippen LogP) is 4.82. The fourth-order valence-corrected chi connectivity index (χ4v) is 5.35. The van der Waals surface area contributed by atoms with Crippen molar-refractivity contribution in [2.45, 2.75) is 19.1 Å². The number of rotatable bonds is 7. The zero-order valence-electron chi connectivity index (χ0n) is 14.5. The summed E-state index contributed by atoms with van der Waals surface area (Å²) in [6.45, 7) is 3.69. The summed E-state index contributed by atoms with van der Waals surface area (Å²) in [6.07, 6.45) is 0. The number of anilines is 2. The first-order chi connectivity index (χ1) is 12.5. The summed E-state index contributed by atoms with van der Waals surface area (Å²) < 4.78 is 24.9. The number of carbonyl (C=O) groups is 1. The monoisotopic (exact) mass is 394 g/mol. The molecule has 1 unspecified atom stereocenters. The molecule has 0 fully saturated rings. The van der Waals surface area contributed by atoms with Crippen LogP contribution in [-0.2, 0) is 23.7 Å². The Balaban J connectivity index is 2.20. The zero-order chi connectivity index (χ0) is 18.8. The predicted molar refractivity (Wildman–Crippen MR) is 103 cm³/mol. The van der Waals surface area contributed by atoms with E-state index in [0.717, 1.165) is 0 Å². The molecule has 3 rings (SSSR count). The highest BCUT2D eigenvalue weighted by Crippen LogP contribution is 2.67. The third-order valence-corrected chi connectivity index (χ3v) is 6.90. The molecule has 1 aliphatic heterocycles. The molecular weight excluding hydrogens is 375 g/mol. The molecule has 1 amide bonds. The Morgan fingerprint density at radius 3 is 2.31 bits per heavy atom. The van der Waals surface area contributed by atoms with E-state index in [1.807, 2.05) is 0 Å². The van der Waals surface area contributed by atoms with Gasteiger partial charge in [0.05, 0.1) is 13.2 Å². The van der Waals surface area contributed by atoms with Gasteiger partial charge in [0.1, 0.15) is 0 Å². The van der Waals surface area contributed by atoms with Gasteiger partial charge in [-0.2, -0.15) is 0 Å². The topological polar surface area (TPSA) is 76.7 Å². The summed E-state index contributed by atoms with van der Waals surface area (Å²) in [5.74, 6) is -0.487. The second-order valence-corrected chi connectivity index (χ2v) is 8.29. The van der Waals surface area contributed by atoms with Gasteiger partial charge in [0.25, 0.3) is 5.91 Å². The third-order valence-electron chi connectivity index (χ3n) is 4.07. The lowest BCUT2D eigenvalue weighted by molar-refractivity contribution is -0.118. The second kappa shape index (κ2) is 7.41.